The molecule has 2 amide bonds. The second-order valence-corrected chi connectivity index (χ2v) is 8.53. The number of carbonyl (C=O) groups excluding carboxylic acids is 3. The highest BCUT2D eigenvalue weighted by Crippen LogP contribution is 2.40. The number of amides is 2. The van der Waals surface area contributed by atoms with E-state index in [-0.39, 0.29) is 25.1 Å². The van der Waals surface area contributed by atoms with Gasteiger partial charge in [-0.15, -0.1) is 0 Å². The molecule has 1 saturated carbocycles. The maximum atomic E-state index is 12.1. The summed E-state index contributed by atoms with van der Waals surface area (Å²) in [6.07, 6.45) is 5.25. The first kappa shape index (κ1) is 23.7. The van der Waals surface area contributed by atoms with E-state index in [1.807, 2.05) is 0 Å². The van der Waals surface area contributed by atoms with Gasteiger partial charge in [-0.05, 0) is 61.3 Å². The van der Waals surface area contributed by atoms with E-state index in [4.69, 9.17) is 9.47 Å². The largest absolute Gasteiger partial charge is 0.497 e. The molecule has 0 radical (unpaired) electrons. The highest BCUT2D eigenvalue weighted by molar-refractivity contribution is 5.96. The zero-order valence-corrected chi connectivity index (χ0v) is 18.5. The average Bonchev–Trinajstić information content (AvgIpc) is 2.76. The molecule has 0 unspecified atom stereocenters. The molecule has 0 aliphatic heterocycles. The Morgan fingerprint density at radius 2 is 1.70 bits per heavy atom. The first-order valence-corrected chi connectivity index (χ1v) is 10.6. The Bertz CT molecular complexity index is 722. The van der Waals surface area contributed by atoms with Crippen LogP contribution in [0.3, 0.4) is 0 Å². The summed E-state index contributed by atoms with van der Waals surface area (Å²) in [5.74, 6) is -0.0309. The molecule has 0 spiro atoms. The van der Waals surface area contributed by atoms with Crippen molar-refractivity contribution in [3.05, 3.63) is 29.8 Å². The van der Waals surface area contributed by atoms with Crippen molar-refractivity contribution in [3.63, 3.8) is 0 Å². The fourth-order valence-corrected chi connectivity index (χ4v) is 3.77. The van der Waals surface area contributed by atoms with Crippen molar-refractivity contribution in [3.8, 4) is 5.75 Å². The van der Waals surface area contributed by atoms with Crippen LogP contribution in [0.4, 0.5) is 0 Å². The summed E-state index contributed by atoms with van der Waals surface area (Å²) in [6.45, 7) is 6.21. The zero-order chi connectivity index (χ0) is 22.1. The van der Waals surface area contributed by atoms with Crippen LogP contribution in [0.1, 0.15) is 63.2 Å². The molecule has 1 aromatic carbocycles. The van der Waals surface area contributed by atoms with Crippen LogP contribution in [-0.2, 0) is 14.3 Å². The highest BCUT2D eigenvalue weighted by atomic mass is 16.5. The highest BCUT2D eigenvalue weighted by Gasteiger charge is 2.32. The van der Waals surface area contributed by atoms with Gasteiger partial charge in [0.2, 0.25) is 0 Å². The molecule has 0 atom stereocenters. The fourth-order valence-electron chi connectivity index (χ4n) is 3.77. The Kier molecular flexibility index (Phi) is 8.69. The van der Waals surface area contributed by atoms with Crippen LogP contribution in [0.25, 0.3) is 0 Å². The van der Waals surface area contributed by atoms with E-state index in [0.29, 0.717) is 22.6 Å². The standard InChI is InChI=1S/C23H34N2O5/c1-5-23(2,3)17-8-10-18(11-9-17)25-20(26)15-30-21(27)14-24-22(28)16-6-12-19(29-4)13-7-16/h6-7,12-13,17-18H,5,8-11,14-15H2,1-4H3,(H,24,28)(H,25,26). The number of rotatable bonds is 9. The van der Waals surface area contributed by atoms with E-state index in [0.717, 1.165) is 32.1 Å². The van der Waals surface area contributed by atoms with Gasteiger partial charge in [0.25, 0.3) is 11.8 Å². The third kappa shape index (κ3) is 7.04. The Morgan fingerprint density at radius 1 is 1.07 bits per heavy atom. The third-order valence-electron chi connectivity index (χ3n) is 6.22. The van der Waals surface area contributed by atoms with E-state index in [1.54, 1.807) is 31.4 Å². The van der Waals surface area contributed by atoms with E-state index in [2.05, 4.69) is 31.4 Å². The molecule has 30 heavy (non-hydrogen) atoms. The van der Waals surface area contributed by atoms with Crippen molar-refractivity contribution < 1.29 is 23.9 Å². The van der Waals surface area contributed by atoms with Crippen LogP contribution in [0.15, 0.2) is 24.3 Å². The van der Waals surface area contributed by atoms with Crippen molar-refractivity contribution in [2.24, 2.45) is 11.3 Å². The summed E-state index contributed by atoms with van der Waals surface area (Å²) in [7, 11) is 1.54. The Morgan fingerprint density at radius 3 is 2.27 bits per heavy atom. The summed E-state index contributed by atoms with van der Waals surface area (Å²) in [6, 6.07) is 6.66. The number of ether oxygens (including phenoxy) is 2. The normalized spacial score (nSPS) is 18.9. The van der Waals surface area contributed by atoms with Gasteiger partial charge in [-0.25, -0.2) is 0 Å². The molecule has 1 fully saturated rings. The molecule has 166 valence electrons. The minimum atomic E-state index is -0.652. The first-order chi connectivity index (χ1) is 14.2. The molecule has 0 bridgehead atoms. The first-order valence-electron chi connectivity index (χ1n) is 10.6. The minimum absolute atomic E-state index is 0.134. The molecular weight excluding hydrogens is 384 g/mol. The molecule has 7 heteroatoms. The summed E-state index contributed by atoms with van der Waals surface area (Å²) in [4.78, 5) is 35.9. The van der Waals surface area contributed by atoms with Gasteiger partial charge < -0.3 is 20.1 Å². The molecule has 2 rings (SSSR count). The molecular formula is C23H34N2O5. The van der Waals surface area contributed by atoms with E-state index < -0.39 is 11.9 Å². The van der Waals surface area contributed by atoms with Crippen LogP contribution < -0.4 is 15.4 Å². The van der Waals surface area contributed by atoms with Gasteiger partial charge in [0.15, 0.2) is 6.61 Å². The smallest absolute Gasteiger partial charge is 0.325 e. The number of methoxy groups -OCH3 is 1. The predicted molar refractivity (Wildman–Crippen MR) is 114 cm³/mol. The van der Waals surface area contributed by atoms with Crippen LogP contribution in [0.5, 0.6) is 5.75 Å². The Balaban J connectivity index is 1.65. The maximum Gasteiger partial charge on any atom is 0.325 e. The van der Waals surface area contributed by atoms with Crippen LogP contribution in [0, 0.1) is 11.3 Å². The topological polar surface area (TPSA) is 93.7 Å². The van der Waals surface area contributed by atoms with Crippen LogP contribution >= 0.6 is 0 Å². The van der Waals surface area contributed by atoms with Gasteiger partial charge in [-0.2, -0.15) is 0 Å². The lowest BCUT2D eigenvalue weighted by atomic mass is 9.69. The monoisotopic (exact) mass is 418 g/mol. The zero-order valence-electron chi connectivity index (χ0n) is 18.5. The van der Waals surface area contributed by atoms with Gasteiger partial charge in [0.1, 0.15) is 12.3 Å². The Hall–Kier alpha value is -2.57. The quantitative estimate of drug-likeness (QED) is 0.601. The van der Waals surface area contributed by atoms with Gasteiger partial charge in [-0.3, -0.25) is 14.4 Å². The number of benzene rings is 1. The lowest BCUT2D eigenvalue weighted by molar-refractivity contribution is -0.147. The minimum Gasteiger partial charge on any atom is -0.497 e. The number of hydrogen-bond acceptors (Lipinski definition) is 5. The van der Waals surface area contributed by atoms with E-state index in [1.165, 1.54) is 0 Å². The molecule has 0 heterocycles. The van der Waals surface area contributed by atoms with Crippen LogP contribution in [-0.4, -0.2) is 44.1 Å². The predicted octanol–water partition coefficient (Wildman–Crippen LogP) is 3.08. The maximum absolute atomic E-state index is 12.1. The molecule has 1 aromatic rings. The van der Waals surface area contributed by atoms with Gasteiger partial charge in [-0.1, -0.05) is 27.2 Å². The van der Waals surface area contributed by atoms with Gasteiger partial charge in [0, 0.05) is 11.6 Å². The lowest BCUT2D eigenvalue weighted by Crippen LogP contribution is -2.42. The van der Waals surface area contributed by atoms with E-state index in [9.17, 15) is 14.4 Å². The summed E-state index contributed by atoms with van der Waals surface area (Å²) >= 11 is 0. The number of nitrogens with one attached hydrogen (secondary N) is 2. The third-order valence-corrected chi connectivity index (χ3v) is 6.22. The average molecular weight is 419 g/mol. The molecule has 0 saturated heterocycles. The molecule has 0 aromatic heterocycles. The fraction of sp³-hybridized carbons (Fsp3) is 0.609. The van der Waals surface area contributed by atoms with Crippen molar-refractivity contribution in [1.29, 1.82) is 0 Å². The van der Waals surface area contributed by atoms with Crippen molar-refractivity contribution >= 4 is 17.8 Å². The molecule has 1 aliphatic rings. The second-order valence-electron chi connectivity index (χ2n) is 8.53. The van der Waals surface area contributed by atoms with Gasteiger partial charge in [0.05, 0.1) is 7.11 Å². The van der Waals surface area contributed by atoms with Gasteiger partial charge >= 0.3 is 5.97 Å². The Labute approximate surface area is 178 Å². The summed E-state index contributed by atoms with van der Waals surface area (Å²) in [5, 5.41) is 5.43. The van der Waals surface area contributed by atoms with Crippen LogP contribution in [0.2, 0.25) is 0 Å². The number of carbonyl (C=O) groups is 3. The molecule has 1 aliphatic carbocycles. The number of esters is 1. The second kappa shape index (κ2) is 11.0. The van der Waals surface area contributed by atoms with Crippen molar-refractivity contribution in [2.45, 2.75) is 58.9 Å². The van der Waals surface area contributed by atoms with Crippen molar-refractivity contribution in [1.82, 2.24) is 10.6 Å². The SMILES string of the molecule is CCC(C)(C)C1CCC(NC(=O)COC(=O)CNC(=O)c2ccc(OC)cc2)CC1. The summed E-state index contributed by atoms with van der Waals surface area (Å²) in [5.41, 5.74) is 0.740. The van der Waals surface area contributed by atoms with Crippen molar-refractivity contribution in [2.75, 3.05) is 20.3 Å². The number of hydrogen-bond donors (Lipinski definition) is 2. The lowest BCUT2D eigenvalue weighted by Gasteiger charge is -2.39. The molecule has 7 nitrogen and oxygen atoms in total. The van der Waals surface area contributed by atoms with E-state index >= 15 is 0 Å². The summed E-state index contributed by atoms with van der Waals surface area (Å²) < 4.78 is 10.0. The molecule has 2 N–H and O–H groups in total.